The van der Waals surface area contributed by atoms with Crippen LogP contribution in [0.4, 0.5) is 0 Å². The van der Waals surface area contributed by atoms with E-state index < -0.39 is 0 Å². The molecule has 0 spiro atoms. The normalized spacial score (nSPS) is 27.8. The molecule has 0 amide bonds. The van der Waals surface area contributed by atoms with Crippen LogP contribution >= 0.6 is 0 Å². The number of hydrogen-bond donors (Lipinski definition) is 1. The Bertz CT molecular complexity index is 126. The van der Waals surface area contributed by atoms with Gasteiger partial charge in [-0.2, -0.15) is 0 Å². The molecule has 1 unspecified atom stereocenters. The first kappa shape index (κ1) is 12.2. The Balaban J connectivity index is 0.00000121. The summed E-state index contributed by atoms with van der Waals surface area (Å²) >= 11 is 0. The predicted molar refractivity (Wildman–Crippen MR) is 46.4 cm³/mol. The smallest absolute Gasteiger partial charge is 0.0629 e. The number of ether oxygens (including phenoxy) is 1. The lowest BCUT2D eigenvalue weighted by Crippen LogP contribution is -3.00. The molecule has 74 valence electrons. The number of halogens is 1. The summed E-state index contributed by atoms with van der Waals surface area (Å²) in [4.78, 5) is 0. The molecule has 12 heavy (non-hydrogen) atoms. The summed E-state index contributed by atoms with van der Waals surface area (Å²) in [6.45, 7) is 6.06. The molecule has 1 fully saturated rings. The second-order valence-corrected chi connectivity index (χ2v) is 4.04. The van der Waals surface area contributed by atoms with E-state index in [0.29, 0.717) is 0 Å². The van der Waals surface area contributed by atoms with Crippen LogP contribution in [0.3, 0.4) is 0 Å². The maximum absolute atomic E-state index is 5.60. The Labute approximate surface area is 81.3 Å². The van der Waals surface area contributed by atoms with Crippen molar-refractivity contribution in [3.63, 3.8) is 0 Å². The molecular formula is C9H19ClNO-. The Morgan fingerprint density at radius 2 is 2.17 bits per heavy atom. The van der Waals surface area contributed by atoms with E-state index in [1.54, 1.807) is 0 Å². The van der Waals surface area contributed by atoms with Crippen LogP contribution in [0.1, 0.15) is 33.1 Å². The standard InChI is InChI=1S/C9H19NO.ClH/c1-9(2)7-8(3-5-10)4-6-11-9;/h8H,3-7,10H2,1-2H3;1H/p-1. The van der Waals surface area contributed by atoms with E-state index in [2.05, 4.69) is 13.8 Å². The molecule has 0 aromatic heterocycles. The van der Waals surface area contributed by atoms with Gasteiger partial charge in [0.25, 0.3) is 0 Å². The molecule has 1 rings (SSSR count). The average Bonchev–Trinajstić information content (AvgIpc) is 1.85. The van der Waals surface area contributed by atoms with Crippen molar-refractivity contribution in [1.82, 2.24) is 0 Å². The van der Waals surface area contributed by atoms with Crippen molar-refractivity contribution in [1.29, 1.82) is 0 Å². The van der Waals surface area contributed by atoms with Gasteiger partial charge in [-0.25, -0.2) is 0 Å². The molecule has 0 aromatic rings. The fourth-order valence-electron chi connectivity index (χ4n) is 1.84. The van der Waals surface area contributed by atoms with Crippen LogP contribution in [0.15, 0.2) is 0 Å². The van der Waals surface area contributed by atoms with Gasteiger partial charge in [0.1, 0.15) is 0 Å². The highest BCUT2D eigenvalue weighted by molar-refractivity contribution is 4.78. The van der Waals surface area contributed by atoms with E-state index in [4.69, 9.17) is 10.5 Å². The molecule has 0 aromatic carbocycles. The summed E-state index contributed by atoms with van der Waals surface area (Å²) in [7, 11) is 0. The van der Waals surface area contributed by atoms with Gasteiger partial charge in [0.15, 0.2) is 0 Å². The van der Waals surface area contributed by atoms with Gasteiger partial charge in [-0.1, -0.05) is 0 Å². The van der Waals surface area contributed by atoms with Crippen molar-refractivity contribution < 1.29 is 17.1 Å². The number of nitrogens with two attached hydrogens (primary N) is 1. The molecule has 0 radical (unpaired) electrons. The lowest BCUT2D eigenvalue weighted by atomic mass is 9.86. The Morgan fingerprint density at radius 3 is 2.67 bits per heavy atom. The van der Waals surface area contributed by atoms with Crippen molar-refractivity contribution in [3.05, 3.63) is 0 Å². The second-order valence-electron chi connectivity index (χ2n) is 4.04. The van der Waals surface area contributed by atoms with Gasteiger partial charge in [-0.15, -0.1) is 0 Å². The van der Waals surface area contributed by atoms with E-state index in [9.17, 15) is 0 Å². The number of hydrogen-bond acceptors (Lipinski definition) is 2. The monoisotopic (exact) mass is 192 g/mol. The first-order valence-corrected chi connectivity index (χ1v) is 4.48. The highest BCUT2D eigenvalue weighted by Gasteiger charge is 2.27. The molecule has 1 aliphatic heterocycles. The minimum Gasteiger partial charge on any atom is -1.00 e. The zero-order valence-corrected chi connectivity index (χ0v) is 8.73. The van der Waals surface area contributed by atoms with Gasteiger partial charge in [-0.05, 0) is 45.6 Å². The first-order valence-electron chi connectivity index (χ1n) is 4.48. The Morgan fingerprint density at radius 1 is 1.50 bits per heavy atom. The Kier molecular flexibility index (Phi) is 5.14. The van der Waals surface area contributed by atoms with Crippen molar-refractivity contribution in [2.24, 2.45) is 11.7 Å². The molecule has 1 saturated heterocycles. The predicted octanol–water partition coefficient (Wildman–Crippen LogP) is -1.46. The van der Waals surface area contributed by atoms with Gasteiger partial charge < -0.3 is 22.9 Å². The van der Waals surface area contributed by atoms with Gasteiger partial charge in [0, 0.05) is 6.61 Å². The summed E-state index contributed by atoms with van der Waals surface area (Å²) in [5, 5.41) is 0. The molecular weight excluding hydrogens is 174 g/mol. The Hall–Kier alpha value is 0.210. The molecule has 2 nitrogen and oxygen atoms in total. The third-order valence-electron chi connectivity index (χ3n) is 2.37. The summed E-state index contributed by atoms with van der Waals surface area (Å²) in [5.74, 6) is 0.795. The van der Waals surface area contributed by atoms with E-state index in [0.717, 1.165) is 25.5 Å². The molecule has 3 heteroatoms. The van der Waals surface area contributed by atoms with E-state index >= 15 is 0 Å². The molecule has 0 bridgehead atoms. The van der Waals surface area contributed by atoms with E-state index in [1.807, 2.05) is 0 Å². The fourth-order valence-corrected chi connectivity index (χ4v) is 1.84. The lowest BCUT2D eigenvalue weighted by Gasteiger charge is -2.35. The van der Waals surface area contributed by atoms with Gasteiger partial charge in [0.05, 0.1) is 5.60 Å². The topological polar surface area (TPSA) is 35.2 Å². The first-order chi connectivity index (χ1) is 5.14. The van der Waals surface area contributed by atoms with Gasteiger partial charge in [-0.3, -0.25) is 0 Å². The van der Waals surface area contributed by atoms with E-state index in [1.165, 1.54) is 12.8 Å². The van der Waals surface area contributed by atoms with Crippen molar-refractivity contribution in [2.75, 3.05) is 13.2 Å². The maximum Gasteiger partial charge on any atom is 0.0629 e. The van der Waals surface area contributed by atoms with Crippen molar-refractivity contribution in [3.8, 4) is 0 Å². The summed E-state index contributed by atoms with van der Waals surface area (Å²) in [6.07, 6.45) is 3.53. The third-order valence-corrected chi connectivity index (χ3v) is 2.37. The zero-order valence-electron chi connectivity index (χ0n) is 7.98. The third kappa shape index (κ3) is 3.74. The van der Waals surface area contributed by atoms with Crippen molar-refractivity contribution >= 4 is 0 Å². The largest absolute Gasteiger partial charge is 1.00 e. The van der Waals surface area contributed by atoms with Crippen LogP contribution in [-0.2, 0) is 4.74 Å². The fraction of sp³-hybridized carbons (Fsp3) is 1.00. The molecule has 2 N–H and O–H groups in total. The van der Waals surface area contributed by atoms with Crippen LogP contribution < -0.4 is 18.1 Å². The maximum atomic E-state index is 5.60. The van der Waals surface area contributed by atoms with Gasteiger partial charge in [0.2, 0.25) is 0 Å². The minimum absolute atomic E-state index is 0. The SMILES string of the molecule is CC1(C)CC(CCN)CCO1.[Cl-]. The molecule has 1 heterocycles. The molecule has 0 saturated carbocycles. The van der Waals surface area contributed by atoms with Crippen LogP contribution in [-0.4, -0.2) is 18.8 Å². The minimum atomic E-state index is 0. The van der Waals surface area contributed by atoms with Crippen molar-refractivity contribution in [2.45, 2.75) is 38.7 Å². The number of rotatable bonds is 2. The summed E-state index contributed by atoms with van der Waals surface area (Å²) in [6, 6.07) is 0. The average molecular weight is 193 g/mol. The highest BCUT2D eigenvalue weighted by Crippen LogP contribution is 2.29. The highest BCUT2D eigenvalue weighted by atomic mass is 35.5. The zero-order chi connectivity index (χ0) is 8.32. The van der Waals surface area contributed by atoms with Crippen LogP contribution in [0.25, 0.3) is 0 Å². The van der Waals surface area contributed by atoms with Crippen LogP contribution in [0.5, 0.6) is 0 Å². The quantitative estimate of drug-likeness (QED) is 0.581. The summed E-state index contributed by atoms with van der Waals surface area (Å²) in [5.41, 5.74) is 5.60. The summed E-state index contributed by atoms with van der Waals surface area (Å²) < 4.78 is 5.60. The van der Waals surface area contributed by atoms with Gasteiger partial charge >= 0.3 is 0 Å². The van der Waals surface area contributed by atoms with Crippen LogP contribution in [0.2, 0.25) is 0 Å². The lowest BCUT2D eigenvalue weighted by molar-refractivity contribution is -0.0730. The van der Waals surface area contributed by atoms with E-state index in [-0.39, 0.29) is 18.0 Å². The second kappa shape index (κ2) is 5.05. The molecule has 0 aliphatic carbocycles. The van der Waals surface area contributed by atoms with Crippen LogP contribution in [0, 0.1) is 5.92 Å². The molecule has 1 atom stereocenters. The molecule has 1 aliphatic rings.